The number of aromatic nitrogens is 2. The van der Waals surface area contributed by atoms with Gasteiger partial charge in [0.15, 0.2) is 5.82 Å². The van der Waals surface area contributed by atoms with Crippen molar-refractivity contribution in [2.45, 2.75) is 32.9 Å². The molecule has 0 saturated carbocycles. The molecule has 0 fully saturated rings. The summed E-state index contributed by atoms with van der Waals surface area (Å²) < 4.78 is 6.74. The van der Waals surface area contributed by atoms with E-state index in [1.54, 1.807) is 31.5 Å². The Labute approximate surface area is 94.2 Å². The zero-order valence-corrected chi connectivity index (χ0v) is 9.73. The molecule has 0 aromatic carbocycles. The van der Waals surface area contributed by atoms with E-state index in [1.165, 1.54) is 6.33 Å². The quantitative estimate of drug-likeness (QED) is 0.814. The van der Waals surface area contributed by atoms with E-state index in [2.05, 4.69) is 10.3 Å². The number of nitrogens with one attached hydrogen (secondary N) is 1. The van der Waals surface area contributed by atoms with Gasteiger partial charge in [0.25, 0.3) is 0 Å². The maximum absolute atomic E-state index is 11.4. The molecular weight excluding hydrogens is 210 g/mol. The maximum atomic E-state index is 11.4. The largest absolute Gasteiger partial charge is 0.444 e. The minimum atomic E-state index is -0.540. The third-order valence-electron chi connectivity index (χ3n) is 1.62. The molecule has 1 rings (SSSR count). The van der Waals surface area contributed by atoms with Crippen LogP contribution >= 0.6 is 0 Å². The minimum absolute atomic E-state index is 0.0300. The third-order valence-corrected chi connectivity index (χ3v) is 1.62. The smallest absolute Gasteiger partial charge is 0.413 e. The van der Waals surface area contributed by atoms with Gasteiger partial charge in [-0.2, -0.15) is 0 Å². The molecule has 0 bridgehead atoms. The number of aliphatic hydroxyl groups is 1. The summed E-state index contributed by atoms with van der Waals surface area (Å²) in [6.07, 6.45) is 2.62. The van der Waals surface area contributed by atoms with Crippen molar-refractivity contribution < 1.29 is 14.6 Å². The minimum Gasteiger partial charge on any atom is -0.444 e. The number of hydrogen-bond acceptors (Lipinski definition) is 4. The first kappa shape index (κ1) is 12.5. The highest BCUT2D eigenvalue weighted by molar-refractivity contribution is 5.83. The molecule has 2 N–H and O–H groups in total. The van der Waals surface area contributed by atoms with Gasteiger partial charge < -0.3 is 14.4 Å². The van der Waals surface area contributed by atoms with Gasteiger partial charge in [0.05, 0.1) is 12.9 Å². The van der Waals surface area contributed by atoms with Crippen LogP contribution in [0, 0.1) is 0 Å². The zero-order chi connectivity index (χ0) is 12.2. The van der Waals surface area contributed by atoms with Crippen LogP contribution in [-0.2, 0) is 11.3 Å². The summed E-state index contributed by atoms with van der Waals surface area (Å²) in [5.41, 5.74) is -0.530. The second-order valence-electron chi connectivity index (χ2n) is 4.35. The molecule has 0 spiro atoms. The van der Waals surface area contributed by atoms with Gasteiger partial charge in [-0.1, -0.05) is 0 Å². The summed E-state index contributed by atoms with van der Waals surface area (Å²) in [5, 5.41) is 11.2. The molecule has 1 heterocycles. The summed E-state index contributed by atoms with van der Waals surface area (Å²) in [5.74, 6) is 0.405. The standard InChI is InChI=1S/C10H17N3O3/c1-10(2,3)16-9(15)12-8-6-13(4-5-14)7-11-8/h6-7,14H,4-5H2,1-3H3,(H,12,15). The SMILES string of the molecule is CC(C)(C)OC(=O)Nc1cn(CCO)cn1. The Kier molecular flexibility index (Phi) is 3.89. The van der Waals surface area contributed by atoms with Crippen LogP contribution in [0.1, 0.15) is 20.8 Å². The molecule has 0 saturated heterocycles. The average Bonchev–Trinajstić information content (AvgIpc) is 2.49. The number of carbonyl (C=O) groups excluding carboxylic acids is 1. The van der Waals surface area contributed by atoms with Crippen molar-refractivity contribution in [3.05, 3.63) is 12.5 Å². The Balaban J connectivity index is 2.50. The molecule has 1 aromatic heterocycles. The van der Waals surface area contributed by atoms with Gasteiger partial charge in [-0.15, -0.1) is 0 Å². The second-order valence-corrected chi connectivity index (χ2v) is 4.35. The molecule has 0 aliphatic rings. The van der Waals surface area contributed by atoms with E-state index < -0.39 is 11.7 Å². The topological polar surface area (TPSA) is 76.4 Å². The number of anilines is 1. The van der Waals surface area contributed by atoms with E-state index in [-0.39, 0.29) is 6.61 Å². The van der Waals surface area contributed by atoms with Crippen LogP contribution in [0.5, 0.6) is 0 Å². The number of imidazole rings is 1. The summed E-state index contributed by atoms with van der Waals surface area (Å²) in [6, 6.07) is 0. The zero-order valence-electron chi connectivity index (χ0n) is 9.73. The first-order valence-electron chi connectivity index (χ1n) is 5.03. The van der Waals surface area contributed by atoms with Crippen molar-refractivity contribution in [2.24, 2.45) is 0 Å². The summed E-state index contributed by atoms with van der Waals surface area (Å²) in [6.45, 7) is 5.84. The molecule has 0 radical (unpaired) electrons. The number of aliphatic hydroxyl groups excluding tert-OH is 1. The number of carbonyl (C=O) groups is 1. The van der Waals surface area contributed by atoms with E-state index in [1.807, 2.05) is 0 Å². The van der Waals surface area contributed by atoms with E-state index in [0.717, 1.165) is 0 Å². The molecule has 1 amide bonds. The maximum Gasteiger partial charge on any atom is 0.413 e. The van der Waals surface area contributed by atoms with E-state index >= 15 is 0 Å². The van der Waals surface area contributed by atoms with Crippen molar-refractivity contribution >= 4 is 11.9 Å². The van der Waals surface area contributed by atoms with Crippen LogP contribution in [0.3, 0.4) is 0 Å². The van der Waals surface area contributed by atoms with Gasteiger partial charge in [0.1, 0.15) is 5.60 Å². The van der Waals surface area contributed by atoms with Crippen LogP contribution < -0.4 is 5.32 Å². The van der Waals surface area contributed by atoms with E-state index in [9.17, 15) is 4.79 Å². The third kappa shape index (κ3) is 4.31. The summed E-state index contributed by atoms with van der Waals surface area (Å²) >= 11 is 0. The predicted octanol–water partition coefficient (Wildman–Crippen LogP) is 1.22. The molecule has 1 aromatic rings. The Morgan fingerprint density at radius 2 is 2.31 bits per heavy atom. The van der Waals surface area contributed by atoms with Gasteiger partial charge in [-0.05, 0) is 20.8 Å². The van der Waals surface area contributed by atoms with Crippen molar-refractivity contribution in [1.29, 1.82) is 0 Å². The number of amides is 1. The monoisotopic (exact) mass is 227 g/mol. The van der Waals surface area contributed by atoms with Gasteiger partial charge >= 0.3 is 6.09 Å². The Bertz CT molecular complexity index is 354. The van der Waals surface area contributed by atoms with Crippen LogP contribution in [0.15, 0.2) is 12.5 Å². The average molecular weight is 227 g/mol. The van der Waals surface area contributed by atoms with Crippen LogP contribution in [-0.4, -0.2) is 33.0 Å². The first-order valence-corrected chi connectivity index (χ1v) is 5.03. The summed E-state index contributed by atoms with van der Waals surface area (Å²) in [4.78, 5) is 15.3. The highest BCUT2D eigenvalue weighted by Crippen LogP contribution is 2.09. The van der Waals surface area contributed by atoms with Crippen LogP contribution in [0.25, 0.3) is 0 Å². The lowest BCUT2D eigenvalue weighted by Crippen LogP contribution is -2.27. The molecule has 6 heteroatoms. The van der Waals surface area contributed by atoms with Crippen molar-refractivity contribution in [3.8, 4) is 0 Å². The van der Waals surface area contributed by atoms with Crippen molar-refractivity contribution in [2.75, 3.05) is 11.9 Å². The highest BCUT2D eigenvalue weighted by atomic mass is 16.6. The predicted molar refractivity (Wildman–Crippen MR) is 59.2 cm³/mol. The molecule has 0 aliphatic carbocycles. The first-order chi connectivity index (χ1) is 7.40. The van der Waals surface area contributed by atoms with Crippen LogP contribution in [0.4, 0.5) is 10.6 Å². The molecule has 90 valence electrons. The van der Waals surface area contributed by atoms with Gasteiger partial charge in [-0.3, -0.25) is 5.32 Å². The highest BCUT2D eigenvalue weighted by Gasteiger charge is 2.16. The lowest BCUT2D eigenvalue weighted by atomic mass is 10.2. The Morgan fingerprint density at radius 1 is 1.62 bits per heavy atom. The lowest BCUT2D eigenvalue weighted by Gasteiger charge is -2.19. The van der Waals surface area contributed by atoms with E-state index in [4.69, 9.17) is 9.84 Å². The van der Waals surface area contributed by atoms with Crippen molar-refractivity contribution in [1.82, 2.24) is 9.55 Å². The molecular formula is C10H17N3O3. The lowest BCUT2D eigenvalue weighted by molar-refractivity contribution is 0.0635. The number of nitrogens with zero attached hydrogens (tertiary/aromatic N) is 2. The molecule has 6 nitrogen and oxygen atoms in total. The fourth-order valence-corrected chi connectivity index (χ4v) is 1.07. The van der Waals surface area contributed by atoms with E-state index in [0.29, 0.717) is 12.4 Å². The number of hydrogen-bond donors (Lipinski definition) is 2. The van der Waals surface area contributed by atoms with Crippen LogP contribution in [0.2, 0.25) is 0 Å². The molecule has 0 unspecified atom stereocenters. The Morgan fingerprint density at radius 3 is 2.88 bits per heavy atom. The number of ether oxygens (including phenoxy) is 1. The fourth-order valence-electron chi connectivity index (χ4n) is 1.07. The molecule has 16 heavy (non-hydrogen) atoms. The Hall–Kier alpha value is -1.56. The fraction of sp³-hybridized carbons (Fsp3) is 0.600. The molecule has 0 aliphatic heterocycles. The van der Waals surface area contributed by atoms with Gasteiger partial charge in [0.2, 0.25) is 0 Å². The number of rotatable bonds is 3. The second kappa shape index (κ2) is 4.98. The van der Waals surface area contributed by atoms with Gasteiger partial charge in [-0.25, -0.2) is 9.78 Å². The molecule has 0 atom stereocenters. The van der Waals surface area contributed by atoms with Gasteiger partial charge in [0, 0.05) is 12.7 Å². The normalized spacial score (nSPS) is 11.2. The van der Waals surface area contributed by atoms with Crippen molar-refractivity contribution in [3.63, 3.8) is 0 Å². The summed E-state index contributed by atoms with van der Waals surface area (Å²) in [7, 11) is 0.